The summed E-state index contributed by atoms with van der Waals surface area (Å²) in [5, 5.41) is 11.9. The lowest BCUT2D eigenvalue weighted by Gasteiger charge is -2.19. The van der Waals surface area contributed by atoms with Crippen LogP contribution in [0.4, 0.5) is 4.39 Å². The van der Waals surface area contributed by atoms with Crippen molar-refractivity contribution in [1.29, 1.82) is 0 Å². The summed E-state index contributed by atoms with van der Waals surface area (Å²) in [4.78, 5) is 17.3. The van der Waals surface area contributed by atoms with Crippen molar-refractivity contribution in [3.63, 3.8) is 0 Å². The average molecular weight is 299 g/mol. The molecule has 2 heterocycles. The molecular weight excluding hydrogens is 289 g/mol. The minimum Gasteiger partial charge on any atom is -0.478 e. The highest BCUT2D eigenvalue weighted by Crippen LogP contribution is 2.39. The van der Waals surface area contributed by atoms with E-state index in [1.807, 2.05) is 11.4 Å². The second-order valence-electron chi connectivity index (χ2n) is 5.01. The van der Waals surface area contributed by atoms with E-state index in [9.17, 15) is 14.3 Å². The molecule has 3 nitrogen and oxygen atoms in total. The van der Waals surface area contributed by atoms with E-state index in [2.05, 4.69) is 4.98 Å². The van der Waals surface area contributed by atoms with Gasteiger partial charge >= 0.3 is 5.97 Å². The molecule has 0 spiro atoms. The van der Waals surface area contributed by atoms with E-state index in [4.69, 9.17) is 0 Å². The highest BCUT2D eigenvalue weighted by atomic mass is 32.1. The summed E-state index contributed by atoms with van der Waals surface area (Å²) in [5.74, 6) is -1.51. The lowest BCUT2D eigenvalue weighted by Crippen LogP contribution is -2.12. The number of carbonyl (C=O) groups is 1. The number of halogens is 1. The number of para-hydroxylation sites is 1. The molecule has 0 atom stereocenters. The Hall–Kier alpha value is -2.27. The van der Waals surface area contributed by atoms with Gasteiger partial charge in [0.1, 0.15) is 11.3 Å². The van der Waals surface area contributed by atoms with E-state index in [0.29, 0.717) is 23.1 Å². The molecule has 0 aliphatic heterocycles. The Morgan fingerprint density at radius 3 is 2.95 bits per heavy atom. The van der Waals surface area contributed by atoms with E-state index in [1.165, 1.54) is 17.0 Å². The first-order chi connectivity index (χ1) is 10.2. The van der Waals surface area contributed by atoms with Gasteiger partial charge in [-0.1, -0.05) is 12.1 Å². The molecule has 0 saturated carbocycles. The number of carboxylic acids is 1. The molecular formula is C16H10FNO2S. The summed E-state index contributed by atoms with van der Waals surface area (Å²) in [7, 11) is 0. The fourth-order valence-electron chi connectivity index (χ4n) is 2.99. The van der Waals surface area contributed by atoms with Crippen LogP contribution in [0.3, 0.4) is 0 Å². The van der Waals surface area contributed by atoms with Crippen molar-refractivity contribution in [2.45, 2.75) is 12.8 Å². The Bertz CT molecular complexity index is 901. The molecule has 2 aromatic heterocycles. The minimum atomic E-state index is -1.03. The minimum absolute atomic E-state index is 0.132. The van der Waals surface area contributed by atoms with Gasteiger partial charge in [-0.15, -0.1) is 11.3 Å². The van der Waals surface area contributed by atoms with Gasteiger partial charge in [-0.05, 0) is 35.9 Å². The third-order valence-electron chi connectivity index (χ3n) is 3.88. The van der Waals surface area contributed by atoms with Gasteiger partial charge < -0.3 is 5.11 Å². The van der Waals surface area contributed by atoms with Crippen LogP contribution in [0.15, 0.2) is 29.6 Å². The third-order valence-corrected chi connectivity index (χ3v) is 4.86. The molecule has 0 unspecified atom stereocenters. The summed E-state index contributed by atoms with van der Waals surface area (Å²) in [6, 6.07) is 6.39. The van der Waals surface area contributed by atoms with Crippen molar-refractivity contribution >= 4 is 28.2 Å². The molecule has 104 valence electrons. The standard InChI is InChI=1S/C16H10FNO2S/c17-11-3-1-2-9-13(16(19)20)10-4-5-12-8(6-7-21-12)14(10)18-15(9)11/h1-3,6-7H,4-5H2,(H,19,20). The van der Waals surface area contributed by atoms with Crippen molar-refractivity contribution in [2.24, 2.45) is 0 Å². The summed E-state index contributed by atoms with van der Waals surface area (Å²) in [6.45, 7) is 0. The number of aromatic carboxylic acids is 1. The van der Waals surface area contributed by atoms with Gasteiger partial charge in [0.05, 0.1) is 11.3 Å². The smallest absolute Gasteiger partial charge is 0.336 e. The van der Waals surface area contributed by atoms with Crippen LogP contribution in [0.5, 0.6) is 0 Å². The topological polar surface area (TPSA) is 50.2 Å². The number of hydrogen-bond acceptors (Lipinski definition) is 3. The molecule has 0 bridgehead atoms. The maximum absolute atomic E-state index is 14.0. The number of aromatic nitrogens is 1. The van der Waals surface area contributed by atoms with Gasteiger partial charge in [0, 0.05) is 15.8 Å². The molecule has 1 aliphatic rings. The van der Waals surface area contributed by atoms with Gasteiger partial charge in [0.15, 0.2) is 0 Å². The van der Waals surface area contributed by atoms with Crippen molar-refractivity contribution in [3.8, 4) is 11.3 Å². The monoisotopic (exact) mass is 299 g/mol. The SMILES string of the molecule is O=C(O)c1c2c(nc3c(F)cccc13)-c1ccsc1CC2. The summed E-state index contributed by atoms with van der Waals surface area (Å²) in [5.41, 5.74) is 2.59. The average Bonchev–Trinajstić information content (AvgIpc) is 2.94. The zero-order valence-corrected chi connectivity index (χ0v) is 11.7. The van der Waals surface area contributed by atoms with E-state index < -0.39 is 11.8 Å². The van der Waals surface area contributed by atoms with Gasteiger partial charge in [0.25, 0.3) is 0 Å². The Labute approximate surface area is 123 Å². The number of rotatable bonds is 1. The first-order valence-electron chi connectivity index (χ1n) is 6.58. The number of benzene rings is 1. The van der Waals surface area contributed by atoms with Crippen molar-refractivity contribution < 1.29 is 14.3 Å². The summed E-state index contributed by atoms with van der Waals surface area (Å²) >= 11 is 1.63. The van der Waals surface area contributed by atoms with E-state index in [0.717, 1.165) is 12.0 Å². The lowest BCUT2D eigenvalue weighted by atomic mass is 9.89. The van der Waals surface area contributed by atoms with Crippen molar-refractivity contribution in [1.82, 2.24) is 4.98 Å². The molecule has 5 heteroatoms. The molecule has 21 heavy (non-hydrogen) atoms. The van der Waals surface area contributed by atoms with Crippen LogP contribution < -0.4 is 0 Å². The van der Waals surface area contributed by atoms with Crippen LogP contribution in [0, 0.1) is 5.82 Å². The van der Waals surface area contributed by atoms with Crippen LogP contribution in [0.1, 0.15) is 20.8 Å². The van der Waals surface area contributed by atoms with E-state index in [1.54, 1.807) is 17.4 Å². The number of hydrogen-bond donors (Lipinski definition) is 1. The van der Waals surface area contributed by atoms with E-state index in [-0.39, 0.29) is 11.1 Å². The highest BCUT2D eigenvalue weighted by molar-refractivity contribution is 7.10. The largest absolute Gasteiger partial charge is 0.478 e. The molecule has 0 amide bonds. The van der Waals surface area contributed by atoms with Gasteiger partial charge in [0.2, 0.25) is 0 Å². The van der Waals surface area contributed by atoms with Crippen molar-refractivity contribution in [2.75, 3.05) is 0 Å². The summed E-state index contributed by atoms with van der Waals surface area (Å²) in [6.07, 6.45) is 1.44. The fraction of sp³-hybridized carbons (Fsp3) is 0.125. The molecule has 1 aromatic carbocycles. The Balaban J connectivity index is 2.19. The van der Waals surface area contributed by atoms with Crippen LogP contribution in [-0.2, 0) is 12.8 Å². The van der Waals surface area contributed by atoms with Crippen LogP contribution in [-0.4, -0.2) is 16.1 Å². The Morgan fingerprint density at radius 1 is 1.29 bits per heavy atom. The highest BCUT2D eigenvalue weighted by Gasteiger charge is 2.26. The maximum Gasteiger partial charge on any atom is 0.336 e. The molecule has 1 N–H and O–H groups in total. The first kappa shape index (κ1) is 12.5. The zero-order chi connectivity index (χ0) is 14.6. The van der Waals surface area contributed by atoms with Crippen molar-refractivity contribution in [3.05, 3.63) is 51.5 Å². The van der Waals surface area contributed by atoms with Crippen LogP contribution in [0.2, 0.25) is 0 Å². The first-order valence-corrected chi connectivity index (χ1v) is 7.46. The predicted molar refractivity (Wildman–Crippen MR) is 79.4 cm³/mol. The van der Waals surface area contributed by atoms with E-state index >= 15 is 0 Å². The number of aryl methyl sites for hydroxylation is 1. The van der Waals surface area contributed by atoms with Crippen LogP contribution in [0.25, 0.3) is 22.2 Å². The lowest BCUT2D eigenvalue weighted by molar-refractivity contribution is 0.0698. The Kier molecular flexibility index (Phi) is 2.59. The molecule has 0 fully saturated rings. The van der Waals surface area contributed by atoms with Gasteiger partial charge in [-0.25, -0.2) is 14.2 Å². The molecule has 0 radical (unpaired) electrons. The molecule has 3 aromatic rings. The normalized spacial score (nSPS) is 13.0. The number of pyridine rings is 1. The fourth-order valence-corrected chi connectivity index (χ4v) is 3.87. The summed E-state index contributed by atoms with van der Waals surface area (Å²) < 4.78 is 14.0. The number of nitrogens with zero attached hydrogens (tertiary/aromatic N) is 1. The molecule has 4 rings (SSSR count). The predicted octanol–water partition coefficient (Wildman–Crippen LogP) is 3.90. The molecule has 0 saturated heterocycles. The zero-order valence-electron chi connectivity index (χ0n) is 10.9. The second kappa shape index (κ2) is 4.36. The van der Waals surface area contributed by atoms with Gasteiger partial charge in [-0.3, -0.25) is 0 Å². The third kappa shape index (κ3) is 1.70. The number of fused-ring (bicyclic) bond motifs is 4. The molecule has 1 aliphatic carbocycles. The maximum atomic E-state index is 14.0. The van der Waals surface area contributed by atoms with Gasteiger partial charge in [-0.2, -0.15) is 0 Å². The number of carboxylic acid groups (broad SMARTS) is 1. The quantitative estimate of drug-likeness (QED) is 0.741. The Morgan fingerprint density at radius 2 is 2.14 bits per heavy atom. The van der Waals surface area contributed by atoms with Crippen LogP contribution >= 0.6 is 11.3 Å². The second-order valence-corrected chi connectivity index (χ2v) is 6.01. The number of thiophene rings is 1.